The molecule has 3 aromatic rings. The molecule has 0 spiro atoms. The van der Waals surface area contributed by atoms with Gasteiger partial charge >= 0.3 is 0 Å². The molecule has 1 N–H and O–H groups in total. The van der Waals surface area contributed by atoms with E-state index in [1.165, 1.54) is 0 Å². The van der Waals surface area contributed by atoms with Gasteiger partial charge in [-0.1, -0.05) is 72.8 Å². The molecule has 0 unspecified atom stereocenters. The van der Waals surface area contributed by atoms with Crippen LogP contribution in [0.5, 0.6) is 0 Å². The van der Waals surface area contributed by atoms with Crippen LogP contribution in [0.1, 0.15) is 15.9 Å². The van der Waals surface area contributed by atoms with Crippen LogP contribution >= 0.6 is 0 Å². The average Bonchev–Trinajstić information content (AvgIpc) is 2.87. The minimum Gasteiger partial charge on any atom is -0.342 e. The molecule has 33 heavy (non-hydrogen) atoms. The zero-order valence-corrected chi connectivity index (χ0v) is 18.2. The van der Waals surface area contributed by atoms with Crippen molar-refractivity contribution in [3.05, 3.63) is 96.1 Å². The summed E-state index contributed by atoms with van der Waals surface area (Å²) in [7, 11) is 0. The van der Waals surface area contributed by atoms with Crippen molar-refractivity contribution < 1.29 is 14.4 Å². The summed E-state index contributed by atoms with van der Waals surface area (Å²) in [5.41, 5.74) is 3.71. The van der Waals surface area contributed by atoms with E-state index in [1.807, 2.05) is 84.9 Å². The number of benzene rings is 3. The van der Waals surface area contributed by atoms with E-state index in [2.05, 4.69) is 5.32 Å². The van der Waals surface area contributed by atoms with Gasteiger partial charge in [0.1, 0.15) is 12.1 Å². The second-order valence-electron chi connectivity index (χ2n) is 8.49. The highest BCUT2D eigenvalue weighted by Crippen LogP contribution is 2.22. The molecule has 6 heteroatoms. The lowest BCUT2D eigenvalue weighted by Gasteiger charge is -2.45. The van der Waals surface area contributed by atoms with Crippen molar-refractivity contribution in [3.8, 4) is 11.1 Å². The predicted octanol–water partition coefficient (Wildman–Crippen LogP) is 2.75. The molecule has 166 valence electrons. The molecular formula is C27H25N3O3. The van der Waals surface area contributed by atoms with Crippen LogP contribution in [0.15, 0.2) is 84.9 Å². The fraction of sp³-hybridized carbons (Fsp3) is 0.222. The minimum absolute atomic E-state index is 0.0808. The second-order valence-corrected chi connectivity index (χ2v) is 8.49. The molecule has 5 rings (SSSR count). The van der Waals surface area contributed by atoms with Crippen LogP contribution in [0.4, 0.5) is 0 Å². The van der Waals surface area contributed by atoms with Crippen molar-refractivity contribution in [1.82, 2.24) is 15.1 Å². The van der Waals surface area contributed by atoms with Gasteiger partial charge in [0.15, 0.2) is 0 Å². The predicted molar refractivity (Wildman–Crippen MR) is 125 cm³/mol. The third-order valence-electron chi connectivity index (χ3n) is 6.39. The highest BCUT2D eigenvalue weighted by atomic mass is 16.2. The number of nitrogens with one attached hydrogen (secondary N) is 1. The highest BCUT2D eigenvalue weighted by molar-refractivity contribution is 5.99. The number of amides is 3. The van der Waals surface area contributed by atoms with Gasteiger partial charge in [-0.3, -0.25) is 14.4 Å². The Balaban J connectivity index is 1.26. The van der Waals surface area contributed by atoms with Crippen molar-refractivity contribution >= 4 is 17.7 Å². The zero-order chi connectivity index (χ0) is 22.8. The number of hydrogen-bond acceptors (Lipinski definition) is 3. The molecule has 2 atom stereocenters. The summed E-state index contributed by atoms with van der Waals surface area (Å²) in [5.74, 6) is -0.406. The maximum atomic E-state index is 13.1. The van der Waals surface area contributed by atoms with Gasteiger partial charge in [-0.25, -0.2) is 0 Å². The standard InChI is InChI=1S/C27H25N3O3/c31-25-24-18-29(26(32)22-13-11-21(12-14-22)20-9-5-2-6-10-20)15-16-30(24)27(33)23(28-25)17-19-7-3-1-4-8-19/h1-14,23-24H,15-18H2,(H,28,31)/t23-,24+/m0/s1. The van der Waals surface area contributed by atoms with Gasteiger partial charge in [0, 0.05) is 25.1 Å². The third-order valence-corrected chi connectivity index (χ3v) is 6.39. The maximum Gasteiger partial charge on any atom is 0.253 e. The molecule has 0 radical (unpaired) electrons. The smallest absolute Gasteiger partial charge is 0.253 e. The summed E-state index contributed by atoms with van der Waals surface area (Å²) in [6.07, 6.45) is 0.463. The van der Waals surface area contributed by atoms with Gasteiger partial charge in [-0.2, -0.15) is 0 Å². The van der Waals surface area contributed by atoms with E-state index >= 15 is 0 Å². The number of hydrogen-bond donors (Lipinski definition) is 1. The molecular weight excluding hydrogens is 414 g/mol. The Labute approximate surface area is 192 Å². The zero-order valence-electron chi connectivity index (χ0n) is 18.2. The molecule has 0 bridgehead atoms. The number of nitrogens with zero attached hydrogens (tertiary/aromatic N) is 2. The SMILES string of the molecule is O=C1N[C@@H](Cc2ccccc2)C(=O)N2CCN(C(=O)c3ccc(-c4ccccc4)cc3)C[C@H]12. The first kappa shape index (κ1) is 20.9. The number of rotatable bonds is 4. The number of carbonyl (C=O) groups excluding carboxylic acids is 3. The van der Waals surface area contributed by atoms with Crippen molar-refractivity contribution in [2.24, 2.45) is 0 Å². The minimum atomic E-state index is -0.647. The fourth-order valence-electron chi connectivity index (χ4n) is 4.59. The summed E-state index contributed by atoms with van der Waals surface area (Å²) in [5, 5.41) is 2.87. The Morgan fingerprint density at radius 2 is 1.45 bits per heavy atom. The Hall–Kier alpha value is -3.93. The molecule has 2 aliphatic rings. The quantitative estimate of drug-likeness (QED) is 0.680. The Morgan fingerprint density at radius 1 is 0.818 bits per heavy atom. The molecule has 0 aliphatic carbocycles. The molecule has 2 fully saturated rings. The summed E-state index contributed by atoms with van der Waals surface area (Å²) < 4.78 is 0. The van der Waals surface area contributed by atoms with Gasteiger partial charge in [0.25, 0.3) is 5.91 Å². The van der Waals surface area contributed by atoms with E-state index in [-0.39, 0.29) is 24.3 Å². The van der Waals surface area contributed by atoms with E-state index in [0.717, 1.165) is 16.7 Å². The summed E-state index contributed by atoms with van der Waals surface area (Å²) >= 11 is 0. The van der Waals surface area contributed by atoms with Crippen LogP contribution in [0.2, 0.25) is 0 Å². The highest BCUT2D eigenvalue weighted by Gasteiger charge is 2.44. The molecule has 0 saturated carbocycles. The van der Waals surface area contributed by atoms with Gasteiger partial charge < -0.3 is 15.1 Å². The lowest BCUT2D eigenvalue weighted by molar-refractivity contribution is -0.152. The van der Waals surface area contributed by atoms with Crippen LogP contribution in [0.25, 0.3) is 11.1 Å². The van der Waals surface area contributed by atoms with Crippen molar-refractivity contribution in [2.75, 3.05) is 19.6 Å². The molecule has 6 nitrogen and oxygen atoms in total. The Kier molecular flexibility index (Phi) is 5.65. The number of piperazine rings is 2. The van der Waals surface area contributed by atoms with Crippen LogP contribution in [-0.2, 0) is 16.0 Å². The van der Waals surface area contributed by atoms with Crippen LogP contribution in [0.3, 0.4) is 0 Å². The molecule has 2 heterocycles. The van der Waals surface area contributed by atoms with Crippen molar-refractivity contribution in [1.29, 1.82) is 0 Å². The summed E-state index contributed by atoms with van der Waals surface area (Å²) in [6.45, 7) is 0.970. The molecule has 2 aliphatic heterocycles. The van der Waals surface area contributed by atoms with E-state index in [9.17, 15) is 14.4 Å². The molecule has 3 amide bonds. The van der Waals surface area contributed by atoms with Crippen LogP contribution in [-0.4, -0.2) is 59.2 Å². The number of fused-ring (bicyclic) bond motifs is 1. The topological polar surface area (TPSA) is 69.7 Å². The first-order valence-corrected chi connectivity index (χ1v) is 11.2. The lowest BCUT2D eigenvalue weighted by Crippen LogP contribution is -2.70. The summed E-state index contributed by atoms with van der Waals surface area (Å²) in [4.78, 5) is 42.3. The third kappa shape index (κ3) is 4.24. The monoisotopic (exact) mass is 439 g/mol. The van der Waals surface area contributed by atoms with E-state index in [0.29, 0.717) is 25.1 Å². The molecule has 0 aromatic heterocycles. The average molecular weight is 440 g/mol. The largest absolute Gasteiger partial charge is 0.342 e. The van der Waals surface area contributed by atoms with E-state index in [4.69, 9.17) is 0 Å². The van der Waals surface area contributed by atoms with Crippen LogP contribution in [0, 0.1) is 0 Å². The normalized spacial score (nSPS) is 20.2. The Morgan fingerprint density at radius 3 is 2.15 bits per heavy atom. The lowest BCUT2D eigenvalue weighted by atomic mass is 9.98. The van der Waals surface area contributed by atoms with E-state index < -0.39 is 12.1 Å². The van der Waals surface area contributed by atoms with Gasteiger partial charge in [-0.05, 0) is 28.8 Å². The maximum absolute atomic E-state index is 13.1. The second kappa shape index (κ2) is 8.90. The van der Waals surface area contributed by atoms with Crippen molar-refractivity contribution in [2.45, 2.75) is 18.5 Å². The Bertz CT molecular complexity index is 1160. The van der Waals surface area contributed by atoms with Gasteiger partial charge in [0.2, 0.25) is 11.8 Å². The first-order chi connectivity index (χ1) is 16.1. The van der Waals surface area contributed by atoms with Gasteiger partial charge in [-0.15, -0.1) is 0 Å². The summed E-state index contributed by atoms with van der Waals surface area (Å²) in [6, 6.07) is 25.9. The number of carbonyl (C=O) groups is 3. The van der Waals surface area contributed by atoms with Crippen LogP contribution < -0.4 is 5.32 Å². The van der Waals surface area contributed by atoms with Crippen molar-refractivity contribution in [3.63, 3.8) is 0 Å². The first-order valence-electron chi connectivity index (χ1n) is 11.2. The van der Waals surface area contributed by atoms with Gasteiger partial charge in [0.05, 0.1) is 6.54 Å². The molecule has 2 saturated heterocycles. The fourth-order valence-corrected chi connectivity index (χ4v) is 4.59. The van der Waals surface area contributed by atoms with E-state index in [1.54, 1.807) is 9.80 Å². The molecule has 3 aromatic carbocycles.